The second kappa shape index (κ2) is 2.49. The Morgan fingerprint density at radius 3 is 2.88 bits per heavy atom. The van der Waals surface area contributed by atoms with Crippen molar-refractivity contribution >= 4 is 21.6 Å². The van der Waals surface area contributed by atoms with Crippen molar-refractivity contribution in [2.45, 2.75) is 11.2 Å². The standard InChI is InChI=1S/C5H7BrNO/c1-8-7-5-3-2-4(5)6/h2,4H,3H2,1H3. The molecular weight excluding hydrogens is 170 g/mol. The quantitative estimate of drug-likeness (QED) is 0.437. The van der Waals surface area contributed by atoms with Gasteiger partial charge in [-0.2, -0.15) is 0 Å². The van der Waals surface area contributed by atoms with E-state index in [0.29, 0.717) is 4.83 Å². The predicted octanol–water partition coefficient (Wildman–Crippen LogP) is 1.36. The number of nitrogens with zero attached hydrogens (tertiary/aromatic N) is 1. The average molecular weight is 177 g/mol. The highest BCUT2D eigenvalue weighted by Crippen LogP contribution is 2.22. The molecule has 1 radical (unpaired) electrons. The van der Waals surface area contributed by atoms with Gasteiger partial charge in [-0.1, -0.05) is 21.1 Å². The smallest absolute Gasteiger partial charge is 0.106 e. The number of halogens is 1. The summed E-state index contributed by atoms with van der Waals surface area (Å²) in [6.07, 6.45) is 3.08. The topological polar surface area (TPSA) is 21.6 Å². The van der Waals surface area contributed by atoms with Crippen LogP contribution in [-0.4, -0.2) is 17.6 Å². The third-order valence-corrected chi connectivity index (χ3v) is 1.96. The van der Waals surface area contributed by atoms with E-state index in [4.69, 9.17) is 0 Å². The fraction of sp³-hybridized carbons (Fsp3) is 0.600. The number of alkyl halides is 1. The lowest BCUT2D eigenvalue weighted by atomic mass is 9.97. The van der Waals surface area contributed by atoms with Crippen LogP contribution >= 0.6 is 15.9 Å². The van der Waals surface area contributed by atoms with E-state index in [9.17, 15) is 0 Å². The molecule has 1 aliphatic carbocycles. The van der Waals surface area contributed by atoms with Crippen LogP contribution in [0.5, 0.6) is 0 Å². The molecule has 45 valence electrons. The summed E-state index contributed by atoms with van der Waals surface area (Å²) in [6, 6.07) is 0. The monoisotopic (exact) mass is 176 g/mol. The van der Waals surface area contributed by atoms with Crippen molar-refractivity contribution in [3.8, 4) is 0 Å². The van der Waals surface area contributed by atoms with E-state index in [-0.39, 0.29) is 0 Å². The summed E-state index contributed by atoms with van der Waals surface area (Å²) >= 11 is 3.36. The molecule has 0 amide bonds. The highest BCUT2D eigenvalue weighted by Gasteiger charge is 2.23. The minimum atomic E-state index is 0.363. The van der Waals surface area contributed by atoms with Gasteiger partial charge in [0.05, 0.1) is 10.5 Å². The fourth-order valence-electron chi connectivity index (χ4n) is 0.517. The minimum Gasteiger partial charge on any atom is -0.399 e. The van der Waals surface area contributed by atoms with Gasteiger partial charge in [0, 0.05) is 0 Å². The Morgan fingerprint density at radius 2 is 2.75 bits per heavy atom. The largest absolute Gasteiger partial charge is 0.399 e. The maximum atomic E-state index is 4.55. The summed E-state index contributed by atoms with van der Waals surface area (Å²) in [5.74, 6) is 0. The van der Waals surface area contributed by atoms with Crippen molar-refractivity contribution in [2.75, 3.05) is 7.11 Å². The first kappa shape index (κ1) is 6.08. The SMILES string of the molecule is CON=C1C[CH]C1Br. The van der Waals surface area contributed by atoms with Gasteiger partial charge in [-0.25, -0.2) is 0 Å². The third kappa shape index (κ3) is 1.02. The molecule has 1 saturated carbocycles. The molecule has 8 heavy (non-hydrogen) atoms. The Labute approximate surface area is 57.0 Å². The van der Waals surface area contributed by atoms with E-state index in [0.717, 1.165) is 12.1 Å². The Morgan fingerprint density at radius 1 is 2.00 bits per heavy atom. The van der Waals surface area contributed by atoms with Gasteiger partial charge in [0.1, 0.15) is 7.11 Å². The molecule has 0 heterocycles. The van der Waals surface area contributed by atoms with Crippen LogP contribution < -0.4 is 0 Å². The van der Waals surface area contributed by atoms with Crippen molar-refractivity contribution in [3.63, 3.8) is 0 Å². The van der Waals surface area contributed by atoms with Gasteiger partial charge in [-0.05, 0) is 12.8 Å². The molecule has 1 fully saturated rings. The number of hydrogen-bond donors (Lipinski definition) is 0. The molecular formula is C5H7BrNO. The summed E-state index contributed by atoms with van der Waals surface area (Å²) in [5.41, 5.74) is 1.08. The van der Waals surface area contributed by atoms with Crippen LogP contribution in [0.2, 0.25) is 0 Å². The number of oxime groups is 1. The van der Waals surface area contributed by atoms with Gasteiger partial charge >= 0.3 is 0 Å². The van der Waals surface area contributed by atoms with Crippen molar-refractivity contribution in [1.82, 2.24) is 0 Å². The molecule has 2 nitrogen and oxygen atoms in total. The van der Waals surface area contributed by atoms with Crippen molar-refractivity contribution in [3.05, 3.63) is 6.42 Å². The van der Waals surface area contributed by atoms with Crippen molar-refractivity contribution < 1.29 is 4.84 Å². The van der Waals surface area contributed by atoms with Gasteiger partial charge in [-0.15, -0.1) is 0 Å². The lowest BCUT2D eigenvalue weighted by Gasteiger charge is -2.20. The molecule has 0 saturated heterocycles. The molecule has 1 rings (SSSR count). The normalized spacial score (nSPS) is 32.2. The van der Waals surface area contributed by atoms with E-state index in [2.05, 4.69) is 32.3 Å². The maximum Gasteiger partial charge on any atom is 0.106 e. The van der Waals surface area contributed by atoms with Gasteiger partial charge in [0.15, 0.2) is 0 Å². The van der Waals surface area contributed by atoms with E-state index >= 15 is 0 Å². The molecule has 3 heteroatoms. The second-order valence-corrected chi connectivity index (χ2v) is 2.59. The minimum absolute atomic E-state index is 0.363. The Balaban J connectivity index is 2.36. The molecule has 0 aromatic carbocycles. The third-order valence-electron chi connectivity index (χ3n) is 1.06. The molecule has 0 bridgehead atoms. The molecule has 0 aliphatic heterocycles. The van der Waals surface area contributed by atoms with Crippen LogP contribution in [0, 0.1) is 6.42 Å². The van der Waals surface area contributed by atoms with Gasteiger partial charge in [0.2, 0.25) is 0 Å². The van der Waals surface area contributed by atoms with Crippen LogP contribution in [0.4, 0.5) is 0 Å². The van der Waals surface area contributed by atoms with Crippen molar-refractivity contribution in [2.24, 2.45) is 5.16 Å². The molecule has 0 aromatic rings. The molecule has 1 unspecified atom stereocenters. The van der Waals surface area contributed by atoms with E-state index in [1.807, 2.05) is 0 Å². The van der Waals surface area contributed by atoms with Gasteiger partial charge < -0.3 is 4.84 Å². The van der Waals surface area contributed by atoms with E-state index in [1.165, 1.54) is 0 Å². The molecule has 0 N–H and O–H groups in total. The van der Waals surface area contributed by atoms with Crippen LogP contribution in [0.15, 0.2) is 5.16 Å². The molecule has 1 aliphatic rings. The summed E-state index contributed by atoms with van der Waals surface area (Å²) in [7, 11) is 1.56. The second-order valence-electron chi connectivity index (χ2n) is 1.61. The highest BCUT2D eigenvalue weighted by atomic mass is 79.9. The zero-order chi connectivity index (χ0) is 5.98. The van der Waals surface area contributed by atoms with Crippen LogP contribution in [-0.2, 0) is 4.84 Å². The first-order chi connectivity index (χ1) is 3.84. The first-order valence-corrected chi connectivity index (χ1v) is 3.33. The molecule has 0 spiro atoms. The molecule has 1 atom stereocenters. The summed E-state index contributed by atoms with van der Waals surface area (Å²) in [5, 5.41) is 3.75. The Bertz CT molecular complexity index is 113. The fourth-order valence-corrected chi connectivity index (χ4v) is 0.975. The maximum absolute atomic E-state index is 4.55. The zero-order valence-corrected chi connectivity index (χ0v) is 6.18. The summed E-state index contributed by atoms with van der Waals surface area (Å²) in [4.78, 5) is 4.92. The summed E-state index contributed by atoms with van der Waals surface area (Å²) < 4.78 is 0. The van der Waals surface area contributed by atoms with E-state index < -0.39 is 0 Å². The Hall–Kier alpha value is -0.0500. The highest BCUT2D eigenvalue weighted by molar-refractivity contribution is 9.10. The van der Waals surface area contributed by atoms with Crippen LogP contribution in [0.3, 0.4) is 0 Å². The van der Waals surface area contributed by atoms with Crippen LogP contribution in [0.1, 0.15) is 6.42 Å². The number of hydrogen-bond acceptors (Lipinski definition) is 2. The predicted molar refractivity (Wildman–Crippen MR) is 36.1 cm³/mol. The lowest BCUT2D eigenvalue weighted by molar-refractivity contribution is 0.211. The van der Waals surface area contributed by atoms with Gasteiger partial charge in [-0.3, -0.25) is 0 Å². The zero-order valence-electron chi connectivity index (χ0n) is 4.60. The number of rotatable bonds is 1. The lowest BCUT2D eigenvalue weighted by Crippen LogP contribution is -2.26. The van der Waals surface area contributed by atoms with Crippen molar-refractivity contribution in [1.29, 1.82) is 0 Å². The average Bonchev–Trinajstić information content (AvgIpc) is 1.79. The first-order valence-electron chi connectivity index (χ1n) is 2.42. The Kier molecular flexibility index (Phi) is 1.89. The van der Waals surface area contributed by atoms with E-state index in [1.54, 1.807) is 7.11 Å². The van der Waals surface area contributed by atoms with Crippen LogP contribution in [0.25, 0.3) is 0 Å². The van der Waals surface area contributed by atoms with Gasteiger partial charge in [0.25, 0.3) is 0 Å². The molecule has 0 aromatic heterocycles. The summed E-state index contributed by atoms with van der Waals surface area (Å²) in [6.45, 7) is 0.